The van der Waals surface area contributed by atoms with Crippen LogP contribution in [0, 0.1) is 0 Å². The first kappa shape index (κ1) is 63.1. The largest absolute Gasteiger partial charge is 0.394 e. The number of amides is 1. The summed E-state index contributed by atoms with van der Waals surface area (Å²) in [4.78, 5) is 12.5. The summed E-state index contributed by atoms with van der Waals surface area (Å²) >= 11 is 0. The van der Waals surface area contributed by atoms with Crippen molar-refractivity contribution in [3.63, 3.8) is 0 Å². The maximum atomic E-state index is 12.5. The SMILES string of the molecule is CCCCCCCCCCCCCCCC/C=C/C(O)C(CO)NC(=O)C(O)CCCCCCCCCCCCCCCCCCCCCCCCCCCCCCCCCCCC. The summed E-state index contributed by atoms with van der Waals surface area (Å²) in [5.41, 5.74) is 0. The van der Waals surface area contributed by atoms with Crippen molar-refractivity contribution in [2.45, 2.75) is 353 Å². The standard InChI is InChI=1S/C59H117NO4/c1-3-5-7-9-11-13-15-17-19-21-22-23-24-25-26-27-28-29-30-31-32-33-34-35-36-37-38-40-42-44-46-48-50-52-54-58(63)59(64)60-56(55-61)57(62)53-51-49-47-45-43-41-39-20-18-16-14-12-10-8-6-4-2/h51,53,56-58,61-63H,3-50,52,54-55H2,1-2H3,(H,60,64)/b53-51+. The fourth-order valence-corrected chi connectivity index (χ4v) is 9.54. The smallest absolute Gasteiger partial charge is 0.249 e. The van der Waals surface area contributed by atoms with Gasteiger partial charge in [0.15, 0.2) is 0 Å². The molecule has 0 aliphatic carbocycles. The van der Waals surface area contributed by atoms with E-state index in [0.717, 1.165) is 32.1 Å². The van der Waals surface area contributed by atoms with Crippen molar-refractivity contribution in [1.29, 1.82) is 0 Å². The Morgan fingerprint density at radius 3 is 0.859 bits per heavy atom. The van der Waals surface area contributed by atoms with Gasteiger partial charge in [0, 0.05) is 0 Å². The maximum Gasteiger partial charge on any atom is 0.249 e. The highest BCUT2D eigenvalue weighted by atomic mass is 16.3. The van der Waals surface area contributed by atoms with Crippen molar-refractivity contribution in [3.05, 3.63) is 12.2 Å². The van der Waals surface area contributed by atoms with Crippen molar-refractivity contribution >= 4 is 5.91 Å². The van der Waals surface area contributed by atoms with E-state index in [1.54, 1.807) is 6.08 Å². The van der Waals surface area contributed by atoms with Gasteiger partial charge in [-0.05, 0) is 19.3 Å². The van der Waals surface area contributed by atoms with E-state index < -0.39 is 24.2 Å². The van der Waals surface area contributed by atoms with Crippen molar-refractivity contribution in [2.75, 3.05) is 6.61 Å². The minimum absolute atomic E-state index is 0.359. The minimum Gasteiger partial charge on any atom is -0.394 e. The van der Waals surface area contributed by atoms with Gasteiger partial charge < -0.3 is 20.6 Å². The number of aliphatic hydroxyl groups excluding tert-OH is 3. The number of hydrogen-bond acceptors (Lipinski definition) is 4. The van der Waals surface area contributed by atoms with Gasteiger partial charge in [0.25, 0.3) is 0 Å². The van der Waals surface area contributed by atoms with Gasteiger partial charge in [-0.25, -0.2) is 0 Å². The quantitative estimate of drug-likeness (QED) is 0.0362. The van der Waals surface area contributed by atoms with E-state index in [-0.39, 0.29) is 6.61 Å². The number of allylic oxidation sites excluding steroid dienone is 1. The lowest BCUT2D eigenvalue weighted by Crippen LogP contribution is -2.48. The molecule has 0 aliphatic rings. The summed E-state index contributed by atoms with van der Waals surface area (Å²) in [6.07, 6.45) is 68.9. The van der Waals surface area contributed by atoms with Gasteiger partial charge in [0.05, 0.1) is 18.8 Å². The molecule has 5 heteroatoms. The van der Waals surface area contributed by atoms with Crippen molar-refractivity contribution in [3.8, 4) is 0 Å². The first-order valence-corrected chi connectivity index (χ1v) is 29.5. The zero-order valence-electron chi connectivity index (χ0n) is 43.7. The molecule has 0 aliphatic heterocycles. The van der Waals surface area contributed by atoms with Gasteiger partial charge in [-0.15, -0.1) is 0 Å². The number of carbonyl (C=O) groups excluding carboxylic acids is 1. The van der Waals surface area contributed by atoms with E-state index in [9.17, 15) is 20.1 Å². The third kappa shape index (κ3) is 49.0. The lowest BCUT2D eigenvalue weighted by Gasteiger charge is -2.21. The van der Waals surface area contributed by atoms with Crippen molar-refractivity contribution in [1.82, 2.24) is 5.32 Å². The molecule has 0 aromatic heterocycles. The van der Waals surface area contributed by atoms with E-state index in [2.05, 4.69) is 19.2 Å². The molecule has 4 N–H and O–H groups in total. The first-order chi connectivity index (χ1) is 31.6. The molecule has 0 aromatic carbocycles. The summed E-state index contributed by atoms with van der Waals surface area (Å²) in [5.74, 6) is -0.496. The number of nitrogens with one attached hydrogen (secondary N) is 1. The van der Waals surface area contributed by atoms with E-state index in [0.29, 0.717) is 6.42 Å². The summed E-state index contributed by atoms with van der Waals surface area (Å²) in [7, 11) is 0. The molecule has 0 rings (SSSR count). The first-order valence-electron chi connectivity index (χ1n) is 29.5. The van der Waals surface area contributed by atoms with Gasteiger partial charge in [0.2, 0.25) is 5.91 Å². The topological polar surface area (TPSA) is 89.8 Å². The Kier molecular flexibility index (Phi) is 53.9. The molecule has 0 saturated heterocycles. The lowest BCUT2D eigenvalue weighted by molar-refractivity contribution is -0.131. The molecule has 0 saturated carbocycles. The molecular weight excluding hydrogens is 787 g/mol. The van der Waals surface area contributed by atoms with E-state index in [1.807, 2.05) is 6.08 Å². The van der Waals surface area contributed by atoms with Gasteiger partial charge in [-0.1, -0.05) is 328 Å². The number of aliphatic hydroxyl groups is 3. The molecule has 0 spiro atoms. The Bertz CT molecular complexity index is 909. The summed E-state index contributed by atoms with van der Waals surface area (Å²) in [5, 5.41) is 33.3. The second-order valence-corrected chi connectivity index (χ2v) is 20.6. The van der Waals surface area contributed by atoms with Crippen LogP contribution in [-0.4, -0.2) is 46.1 Å². The van der Waals surface area contributed by atoms with Gasteiger partial charge in [-0.3, -0.25) is 4.79 Å². The Morgan fingerprint density at radius 2 is 0.609 bits per heavy atom. The van der Waals surface area contributed by atoms with Crippen LogP contribution in [0.15, 0.2) is 12.2 Å². The monoisotopic (exact) mass is 904 g/mol. The van der Waals surface area contributed by atoms with Gasteiger partial charge >= 0.3 is 0 Å². The zero-order valence-corrected chi connectivity index (χ0v) is 43.7. The average Bonchev–Trinajstić information content (AvgIpc) is 3.30. The Morgan fingerprint density at radius 1 is 0.375 bits per heavy atom. The zero-order chi connectivity index (χ0) is 46.5. The third-order valence-electron chi connectivity index (χ3n) is 14.1. The molecule has 0 fully saturated rings. The number of hydrogen-bond donors (Lipinski definition) is 4. The van der Waals surface area contributed by atoms with Crippen LogP contribution >= 0.6 is 0 Å². The summed E-state index contributed by atoms with van der Waals surface area (Å²) in [6, 6.07) is -0.794. The van der Waals surface area contributed by atoms with Crippen LogP contribution in [0.25, 0.3) is 0 Å². The van der Waals surface area contributed by atoms with E-state index in [4.69, 9.17) is 0 Å². The van der Waals surface area contributed by atoms with Crippen LogP contribution in [0.3, 0.4) is 0 Å². The number of carbonyl (C=O) groups is 1. The molecule has 0 radical (unpaired) electrons. The highest BCUT2D eigenvalue weighted by Gasteiger charge is 2.22. The highest BCUT2D eigenvalue weighted by molar-refractivity contribution is 5.80. The van der Waals surface area contributed by atoms with Crippen LogP contribution in [0.1, 0.15) is 335 Å². The summed E-state index contributed by atoms with van der Waals surface area (Å²) < 4.78 is 0. The Labute approximate surface area is 401 Å². The molecule has 1 amide bonds. The van der Waals surface area contributed by atoms with Crippen LogP contribution in [0.4, 0.5) is 0 Å². The predicted molar refractivity (Wildman–Crippen MR) is 282 cm³/mol. The highest BCUT2D eigenvalue weighted by Crippen LogP contribution is 2.18. The van der Waals surface area contributed by atoms with Crippen LogP contribution in [0.2, 0.25) is 0 Å². The molecule has 64 heavy (non-hydrogen) atoms. The molecule has 0 aromatic rings. The third-order valence-corrected chi connectivity index (χ3v) is 14.1. The second kappa shape index (κ2) is 54.7. The molecule has 0 bridgehead atoms. The number of rotatable bonds is 55. The van der Waals surface area contributed by atoms with Gasteiger partial charge in [0.1, 0.15) is 6.10 Å². The second-order valence-electron chi connectivity index (χ2n) is 20.6. The Hall–Kier alpha value is -0.910. The molecule has 3 unspecified atom stereocenters. The lowest BCUT2D eigenvalue weighted by atomic mass is 10.0. The van der Waals surface area contributed by atoms with E-state index >= 15 is 0 Å². The van der Waals surface area contributed by atoms with E-state index in [1.165, 1.54) is 283 Å². The fourth-order valence-electron chi connectivity index (χ4n) is 9.54. The van der Waals surface area contributed by atoms with Crippen molar-refractivity contribution in [2.24, 2.45) is 0 Å². The van der Waals surface area contributed by atoms with Crippen LogP contribution in [0.5, 0.6) is 0 Å². The van der Waals surface area contributed by atoms with Crippen molar-refractivity contribution < 1.29 is 20.1 Å². The summed E-state index contributed by atoms with van der Waals surface area (Å²) in [6.45, 7) is 4.22. The van der Waals surface area contributed by atoms with Crippen LogP contribution < -0.4 is 5.32 Å². The maximum absolute atomic E-state index is 12.5. The van der Waals surface area contributed by atoms with Gasteiger partial charge in [-0.2, -0.15) is 0 Å². The average molecular weight is 905 g/mol. The predicted octanol–water partition coefficient (Wildman–Crippen LogP) is 18.3. The molecule has 382 valence electrons. The van der Waals surface area contributed by atoms with Crippen LogP contribution in [-0.2, 0) is 4.79 Å². The normalized spacial score (nSPS) is 13.3. The molecule has 0 heterocycles. The molecule has 5 nitrogen and oxygen atoms in total. The molecule has 3 atom stereocenters. The number of unbranched alkanes of at least 4 members (excludes halogenated alkanes) is 47. The molecular formula is C59H117NO4. The Balaban J connectivity index is 3.45. The fraction of sp³-hybridized carbons (Fsp3) is 0.949. The minimum atomic E-state index is -1.09.